The van der Waals surface area contributed by atoms with Gasteiger partial charge in [0.25, 0.3) is 5.91 Å². The highest BCUT2D eigenvalue weighted by molar-refractivity contribution is 5.95. The van der Waals surface area contributed by atoms with Crippen molar-refractivity contribution in [2.75, 3.05) is 19.8 Å². The number of carbonyl (C=O) groups excluding carboxylic acids is 1. The van der Waals surface area contributed by atoms with Crippen LogP contribution in [0.15, 0.2) is 33.6 Å². The Hall–Kier alpha value is -2.41. The molecule has 3 rings (SSSR count). The van der Waals surface area contributed by atoms with Crippen molar-refractivity contribution in [1.29, 1.82) is 0 Å². The molecule has 0 spiro atoms. The summed E-state index contributed by atoms with van der Waals surface area (Å²) >= 11 is 0. The van der Waals surface area contributed by atoms with E-state index in [1.54, 1.807) is 24.3 Å². The summed E-state index contributed by atoms with van der Waals surface area (Å²) in [6, 6.07) is 6.87. The Kier molecular flexibility index (Phi) is 4.34. The van der Waals surface area contributed by atoms with Gasteiger partial charge in [0.15, 0.2) is 5.82 Å². The number of hydrogen-bond acceptors (Lipinski definition) is 5. The summed E-state index contributed by atoms with van der Waals surface area (Å²) in [5.74, 6) is -0.103. The van der Waals surface area contributed by atoms with Crippen molar-refractivity contribution in [3.8, 4) is 11.4 Å². The van der Waals surface area contributed by atoms with E-state index in [4.69, 9.17) is 4.74 Å². The van der Waals surface area contributed by atoms with Crippen LogP contribution in [0.25, 0.3) is 11.4 Å². The Balaban J connectivity index is 1.66. The molecule has 2 N–H and O–H groups in total. The normalized spacial score (nSPS) is 18.1. The number of aromatic amines is 1. The van der Waals surface area contributed by atoms with Crippen LogP contribution in [0.5, 0.6) is 0 Å². The van der Waals surface area contributed by atoms with Gasteiger partial charge >= 0.3 is 5.76 Å². The molecule has 1 fully saturated rings. The Labute approximate surface area is 126 Å². The zero-order valence-electron chi connectivity index (χ0n) is 12.0. The number of ether oxygens (including phenoxy) is 1. The molecular weight excluding hydrogens is 286 g/mol. The molecule has 1 atom stereocenters. The van der Waals surface area contributed by atoms with Crippen LogP contribution in [-0.2, 0) is 4.74 Å². The Morgan fingerprint density at radius 2 is 2.36 bits per heavy atom. The minimum Gasteiger partial charge on any atom is -0.381 e. The van der Waals surface area contributed by atoms with E-state index in [0.29, 0.717) is 36.0 Å². The fourth-order valence-electron chi connectivity index (χ4n) is 2.47. The average molecular weight is 303 g/mol. The molecule has 1 aliphatic heterocycles. The zero-order chi connectivity index (χ0) is 15.4. The van der Waals surface area contributed by atoms with Gasteiger partial charge in [-0.05, 0) is 30.9 Å². The topological polar surface area (TPSA) is 97.2 Å². The van der Waals surface area contributed by atoms with Gasteiger partial charge in [-0.25, -0.2) is 4.79 Å². The van der Waals surface area contributed by atoms with Crippen LogP contribution in [0.1, 0.15) is 23.2 Å². The molecule has 22 heavy (non-hydrogen) atoms. The largest absolute Gasteiger partial charge is 0.439 e. The van der Waals surface area contributed by atoms with E-state index in [-0.39, 0.29) is 5.91 Å². The summed E-state index contributed by atoms with van der Waals surface area (Å²) in [4.78, 5) is 25.7. The molecule has 0 radical (unpaired) electrons. The molecule has 1 aromatic carbocycles. The third-order valence-electron chi connectivity index (χ3n) is 3.64. The fourth-order valence-corrected chi connectivity index (χ4v) is 2.47. The number of aromatic nitrogens is 2. The second-order valence-electron chi connectivity index (χ2n) is 5.32. The van der Waals surface area contributed by atoms with Crippen molar-refractivity contribution in [2.45, 2.75) is 12.8 Å². The van der Waals surface area contributed by atoms with E-state index in [2.05, 4.69) is 20.0 Å². The maximum Gasteiger partial charge on any atom is 0.439 e. The van der Waals surface area contributed by atoms with Crippen molar-refractivity contribution in [3.63, 3.8) is 0 Å². The number of H-pyrrole nitrogens is 1. The van der Waals surface area contributed by atoms with Crippen LogP contribution in [0.2, 0.25) is 0 Å². The molecule has 2 heterocycles. The molecule has 2 aromatic rings. The van der Waals surface area contributed by atoms with E-state index >= 15 is 0 Å². The molecule has 1 amide bonds. The molecule has 1 aromatic heterocycles. The standard InChI is InChI=1S/C15H17N3O4/c19-14(16-8-10-3-2-6-21-9-10)12-5-1-4-11(7-12)13-17-15(20)22-18-13/h1,4-5,7,10H,2-3,6,8-9H2,(H,16,19)(H,17,18,20)/t10-/m0/s1. The number of carbonyl (C=O) groups is 1. The van der Waals surface area contributed by atoms with Gasteiger partial charge in [0.2, 0.25) is 0 Å². The summed E-state index contributed by atoms with van der Waals surface area (Å²) in [6.45, 7) is 2.10. The average Bonchev–Trinajstić information content (AvgIpc) is 3.00. The first-order valence-electron chi connectivity index (χ1n) is 7.25. The van der Waals surface area contributed by atoms with E-state index in [1.807, 2.05) is 0 Å². The molecule has 1 aliphatic rings. The number of rotatable bonds is 4. The minimum atomic E-state index is -0.623. The third-order valence-corrected chi connectivity index (χ3v) is 3.64. The zero-order valence-corrected chi connectivity index (χ0v) is 12.0. The second-order valence-corrected chi connectivity index (χ2v) is 5.32. The van der Waals surface area contributed by atoms with Crippen molar-refractivity contribution < 1.29 is 14.1 Å². The van der Waals surface area contributed by atoms with Crippen molar-refractivity contribution in [1.82, 2.24) is 15.5 Å². The molecule has 7 heteroatoms. The second kappa shape index (κ2) is 6.57. The Bertz CT molecular complexity index is 701. The van der Waals surface area contributed by atoms with Crippen LogP contribution in [0, 0.1) is 5.92 Å². The first-order valence-corrected chi connectivity index (χ1v) is 7.25. The molecule has 7 nitrogen and oxygen atoms in total. The molecule has 0 saturated carbocycles. The Morgan fingerprint density at radius 3 is 3.09 bits per heavy atom. The lowest BCUT2D eigenvalue weighted by Crippen LogP contribution is -2.33. The Morgan fingerprint density at radius 1 is 1.45 bits per heavy atom. The van der Waals surface area contributed by atoms with E-state index < -0.39 is 5.76 Å². The van der Waals surface area contributed by atoms with Crippen LogP contribution < -0.4 is 11.1 Å². The first kappa shape index (κ1) is 14.5. The van der Waals surface area contributed by atoms with Crippen LogP contribution in [0.3, 0.4) is 0 Å². The SMILES string of the molecule is O=C(NC[C@@H]1CCCOC1)c1cccc(-c2noc(=O)[nH]2)c1. The van der Waals surface area contributed by atoms with Gasteiger partial charge < -0.3 is 10.1 Å². The molecular formula is C15H17N3O4. The van der Waals surface area contributed by atoms with E-state index in [1.165, 1.54) is 0 Å². The summed E-state index contributed by atoms with van der Waals surface area (Å²) in [6.07, 6.45) is 2.11. The van der Waals surface area contributed by atoms with Gasteiger partial charge in [-0.3, -0.25) is 14.3 Å². The first-order chi connectivity index (χ1) is 10.7. The van der Waals surface area contributed by atoms with Crippen LogP contribution >= 0.6 is 0 Å². The predicted octanol–water partition coefficient (Wildman–Crippen LogP) is 1.19. The van der Waals surface area contributed by atoms with Crippen molar-refractivity contribution in [2.24, 2.45) is 5.92 Å². The molecule has 0 bridgehead atoms. The summed E-state index contributed by atoms with van der Waals surface area (Å²) in [7, 11) is 0. The minimum absolute atomic E-state index is 0.154. The molecule has 0 unspecified atom stereocenters. The quantitative estimate of drug-likeness (QED) is 0.884. The maximum atomic E-state index is 12.2. The lowest BCUT2D eigenvalue weighted by atomic mass is 10.0. The highest BCUT2D eigenvalue weighted by Gasteiger charge is 2.16. The molecule has 0 aliphatic carbocycles. The summed E-state index contributed by atoms with van der Waals surface area (Å²) in [5.41, 5.74) is 1.14. The smallest absolute Gasteiger partial charge is 0.381 e. The number of nitrogens with one attached hydrogen (secondary N) is 2. The van der Waals surface area contributed by atoms with Gasteiger partial charge in [-0.2, -0.15) is 0 Å². The summed E-state index contributed by atoms with van der Waals surface area (Å²) < 4.78 is 9.87. The number of hydrogen-bond donors (Lipinski definition) is 2. The number of nitrogens with zero attached hydrogens (tertiary/aromatic N) is 1. The van der Waals surface area contributed by atoms with Gasteiger partial charge in [-0.1, -0.05) is 17.3 Å². The molecule has 1 saturated heterocycles. The monoisotopic (exact) mass is 303 g/mol. The van der Waals surface area contributed by atoms with Crippen molar-refractivity contribution >= 4 is 5.91 Å². The van der Waals surface area contributed by atoms with E-state index in [0.717, 1.165) is 19.4 Å². The van der Waals surface area contributed by atoms with Gasteiger partial charge in [0, 0.05) is 24.3 Å². The maximum absolute atomic E-state index is 12.2. The van der Waals surface area contributed by atoms with Crippen LogP contribution in [0.4, 0.5) is 0 Å². The fraction of sp³-hybridized carbons (Fsp3) is 0.400. The van der Waals surface area contributed by atoms with Crippen LogP contribution in [-0.4, -0.2) is 35.8 Å². The van der Waals surface area contributed by atoms with Crippen molar-refractivity contribution in [3.05, 3.63) is 40.4 Å². The number of benzene rings is 1. The lowest BCUT2D eigenvalue weighted by Gasteiger charge is -2.22. The molecule has 116 valence electrons. The van der Waals surface area contributed by atoms with E-state index in [9.17, 15) is 9.59 Å². The predicted molar refractivity (Wildman–Crippen MR) is 78.4 cm³/mol. The number of amides is 1. The van der Waals surface area contributed by atoms with Gasteiger partial charge in [-0.15, -0.1) is 0 Å². The highest BCUT2D eigenvalue weighted by atomic mass is 16.5. The van der Waals surface area contributed by atoms with Gasteiger partial charge in [0.05, 0.1) is 6.61 Å². The highest BCUT2D eigenvalue weighted by Crippen LogP contribution is 2.16. The summed E-state index contributed by atoms with van der Waals surface area (Å²) in [5, 5.41) is 6.53. The lowest BCUT2D eigenvalue weighted by molar-refractivity contribution is 0.0536. The van der Waals surface area contributed by atoms with Gasteiger partial charge in [0.1, 0.15) is 0 Å². The third kappa shape index (κ3) is 3.43.